The van der Waals surface area contributed by atoms with Gasteiger partial charge >= 0.3 is 0 Å². The van der Waals surface area contributed by atoms with Gasteiger partial charge in [-0.05, 0) is 42.9 Å². The van der Waals surface area contributed by atoms with Crippen LogP contribution in [0.15, 0.2) is 24.3 Å². The smallest absolute Gasteiger partial charge is 0.0412 e. The number of halogens is 1. The normalized spacial score (nSPS) is 30.7. The molecular weight excluding hydrogens is 206 g/mol. The van der Waals surface area contributed by atoms with Gasteiger partial charge in [-0.25, -0.2) is 0 Å². The number of nitrogens with two attached hydrogens (primary N) is 1. The Balaban J connectivity index is 2.23. The largest absolute Gasteiger partial charge is 0.321 e. The van der Waals surface area contributed by atoms with Gasteiger partial charge in [0.15, 0.2) is 0 Å². The van der Waals surface area contributed by atoms with Crippen LogP contribution < -0.4 is 5.73 Å². The van der Waals surface area contributed by atoms with E-state index in [1.165, 1.54) is 18.4 Å². The van der Waals surface area contributed by atoms with Gasteiger partial charge in [-0.2, -0.15) is 0 Å². The molecule has 0 spiro atoms. The summed E-state index contributed by atoms with van der Waals surface area (Å²) in [6.45, 7) is 2.24. The van der Waals surface area contributed by atoms with Crippen molar-refractivity contribution in [2.24, 2.45) is 11.7 Å². The van der Waals surface area contributed by atoms with E-state index in [-0.39, 0.29) is 5.54 Å². The number of hydrogen-bond acceptors (Lipinski definition) is 1. The van der Waals surface area contributed by atoms with E-state index in [9.17, 15) is 0 Å². The fraction of sp³-hybridized carbons (Fsp3) is 0.538. The quantitative estimate of drug-likeness (QED) is 0.813. The molecule has 1 saturated carbocycles. The lowest BCUT2D eigenvalue weighted by atomic mass is 9.88. The molecule has 0 saturated heterocycles. The second-order valence-electron chi connectivity index (χ2n) is 4.68. The van der Waals surface area contributed by atoms with Crippen molar-refractivity contribution in [3.05, 3.63) is 34.9 Å². The molecule has 15 heavy (non-hydrogen) atoms. The molecule has 2 heteroatoms. The van der Waals surface area contributed by atoms with Crippen molar-refractivity contribution in [2.45, 2.75) is 38.1 Å². The zero-order valence-electron chi connectivity index (χ0n) is 9.17. The first-order chi connectivity index (χ1) is 7.14. The lowest BCUT2D eigenvalue weighted by Crippen LogP contribution is -2.33. The highest BCUT2D eigenvalue weighted by molar-refractivity contribution is 6.30. The maximum Gasteiger partial charge on any atom is 0.0412 e. The Labute approximate surface area is 96.6 Å². The van der Waals surface area contributed by atoms with Crippen LogP contribution in [0.3, 0.4) is 0 Å². The molecule has 2 rings (SSSR count). The first-order valence-electron chi connectivity index (χ1n) is 5.69. The molecule has 1 aliphatic carbocycles. The van der Waals surface area contributed by atoms with Crippen molar-refractivity contribution in [3.8, 4) is 0 Å². The molecule has 0 heterocycles. The molecule has 0 bridgehead atoms. The standard InChI is InChI=1S/C13H18ClN/c1-2-10-6-7-13(15,9-10)11-4-3-5-12(14)8-11/h3-5,8,10H,2,6-7,9,15H2,1H3. The van der Waals surface area contributed by atoms with Gasteiger partial charge in [0.05, 0.1) is 0 Å². The van der Waals surface area contributed by atoms with E-state index < -0.39 is 0 Å². The van der Waals surface area contributed by atoms with Crippen molar-refractivity contribution in [3.63, 3.8) is 0 Å². The highest BCUT2D eigenvalue weighted by Gasteiger charge is 2.36. The number of hydrogen-bond donors (Lipinski definition) is 1. The van der Waals surface area contributed by atoms with Gasteiger partial charge in [0.1, 0.15) is 0 Å². The fourth-order valence-electron chi connectivity index (χ4n) is 2.59. The number of benzene rings is 1. The van der Waals surface area contributed by atoms with E-state index in [2.05, 4.69) is 13.0 Å². The van der Waals surface area contributed by atoms with Gasteiger partial charge < -0.3 is 5.73 Å². The lowest BCUT2D eigenvalue weighted by Gasteiger charge is -2.25. The average Bonchev–Trinajstić information content (AvgIpc) is 2.62. The fourth-order valence-corrected chi connectivity index (χ4v) is 2.78. The van der Waals surface area contributed by atoms with E-state index in [4.69, 9.17) is 17.3 Å². The molecule has 82 valence electrons. The van der Waals surface area contributed by atoms with Crippen LogP contribution in [0.2, 0.25) is 5.02 Å². The molecule has 1 nitrogen and oxygen atoms in total. The van der Waals surface area contributed by atoms with Crippen LogP contribution in [0.4, 0.5) is 0 Å². The van der Waals surface area contributed by atoms with Crippen LogP contribution in [-0.4, -0.2) is 0 Å². The molecule has 0 amide bonds. The first-order valence-corrected chi connectivity index (χ1v) is 6.07. The van der Waals surface area contributed by atoms with Gasteiger partial charge in [0.2, 0.25) is 0 Å². The molecule has 0 aromatic heterocycles. The predicted molar refractivity (Wildman–Crippen MR) is 64.9 cm³/mol. The molecular formula is C13H18ClN. The summed E-state index contributed by atoms with van der Waals surface area (Å²) < 4.78 is 0. The predicted octanol–water partition coefficient (Wildman–Crippen LogP) is 3.70. The molecule has 2 unspecified atom stereocenters. The van der Waals surface area contributed by atoms with E-state index in [0.717, 1.165) is 23.8 Å². The summed E-state index contributed by atoms with van der Waals surface area (Å²) in [4.78, 5) is 0. The zero-order chi connectivity index (χ0) is 10.9. The van der Waals surface area contributed by atoms with Crippen LogP contribution in [0.5, 0.6) is 0 Å². The van der Waals surface area contributed by atoms with E-state index in [1.54, 1.807) is 0 Å². The van der Waals surface area contributed by atoms with Crippen LogP contribution in [0, 0.1) is 5.92 Å². The minimum atomic E-state index is -0.133. The Bertz CT molecular complexity index is 350. The molecule has 2 N–H and O–H groups in total. The third-order valence-corrected chi connectivity index (χ3v) is 3.86. The van der Waals surface area contributed by atoms with Gasteiger partial charge in [-0.1, -0.05) is 37.1 Å². The third kappa shape index (κ3) is 2.19. The molecule has 2 atom stereocenters. The Morgan fingerprint density at radius 1 is 1.53 bits per heavy atom. The molecule has 0 aliphatic heterocycles. The Morgan fingerprint density at radius 2 is 2.33 bits per heavy atom. The summed E-state index contributed by atoms with van der Waals surface area (Å²) in [6.07, 6.45) is 4.68. The van der Waals surface area contributed by atoms with Crippen LogP contribution in [0.1, 0.15) is 38.2 Å². The first kappa shape index (κ1) is 11.0. The SMILES string of the molecule is CCC1CCC(N)(c2cccc(Cl)c2)C1. The second kappa shape index (κ2) is 4.15. The monoisotopic (exact) mass is 223 g/mol. The molecule has 1 aromatic carbocycles. The van der Waals surface area contributed by atoms with Gasteiger partial charge in [0.25, 0.3) is 0 Å². The highest BCUT2D eigenvalue weighted by Crippen LogP contribution is 2.41. The number of rotatable bonds is 2. The van der Waals surface area contributed by atoms with Gasteiger partial charge in [-0.15, -0.1) is 0 Å². The Morgan fingerprint density at radius 3 is 2.93 bits per heavy atom. The molecule has 1 fully saturated rings. The minimum Gasteiger partial charge on any atom is -0.321 e. The Kier molecular flexibility index (Phi) is 3.03. The zero-order valence-corrected chi connectivity index (χ0v) is 9.93. The summed E-state index contributed by atoms with van der Waals surface area (Å²) in [7, 11) is 0. The maximum absolute atomic E-state index is 6.46. The van der Waals surface area contributed by atoms with Crippen LogP contribution in [0.25, 0.3) is 0 Å². The van der Waals surface area contributed by atoms with E-state index >= 15 is 0 Å². The summed E-state index contributed by atoms with van der Waals surface area (Å²) >= 11 is 6.00. The van der Waals surface area contributed by atoms with E-state index in [1.807, 2.05) is 18.2 Å². The molecule has 1 aromatic rings. The van der Waals surface area contributed by atoms with Crippen molar-refractivity contribution in [2.75, 3.05) is 0 Å². The van der Waals surface area contributed by atoms with Crippen molar-refractivity contribution >= 4 is 11.6 Å². The summed E-state index contributed by atoms with van der Waals surface area (Å²) in [5, 5.41) is 0.789. The minimum absolute atomic E-state index is 0.133. The summed E-state index contributed by atoms with van der Waals surface area (Å²) in [6, 6.07) is 8.01. The third-order valence-electron chi connectivity index (χ3n) is 3.63. The van der Waals surface area contributed by atoms with Crippen molar-refractivity contribution < 1.29 is 0 Å². The van der Waals surface area contributed by atoms with E-state index in [0.29, 0.717) is 0 Å². The molecule has 1 aliphatic rings. The maximum atomic E-state index is 6.46. The van der Waals surface area contributed by atoms with Crippen LogP contribution in [-0.2, 0) is 5.54 Å². The van der Waals surface area contributed by atoms with Crippen LogP contribution >= 0.6 is 11.6 Å². The Hall–Kier alpha value is -0.530. The van der Waals surface area contributed by atoms with Gasteiger partial charge in [0, 0.05) is 10.6 Å². The molecule has 0 radical (unpaired) electrons. The lowest BCUT2D eigenvalue weighted by molar-refractivity contribution is 0.424. The summed E-state index contributed by atoms with van der Waals surface area (Å²) in [5.41, 5.74) is 7.52. The highest BCUT2D eigenvalue weighted by atomic mass is 35.5. The van der Waals surface area contributed by atoms with Crippen molar-refractivity contribution in [1.29, 1.82) is 0 Å². The van der Waals surface area contributed by atoms with Gasteiger partial charge in [-0.3, -0.25) is 0 Å². The second-order valence-corrected chi connectivity index (χ2v) is 5.12. The average molecular weight is 224 g/mol. The van der Waals surface area contributed by atoms with Crippen molar-refractivity contribution in [1.82, 2.24) is 0 Å². The topological polar surface area (TPSA) is 26.0 Å². The summed E-state index contributed by atoms with van der Waals surface area (Å²) in [5.74, 6) is 0.786.